The predicted octanol–water partition coefficient (Wildman–Crippen LogP) is 5.12. The number of benzene rings is 3. The Morgan fingerprint density at radius 2 is 1.77 bits per heavy atom. The number of thioether (sulfide) groups is 1. The Morgan fingerprint density at radius 1 is 1.02 bits per heavy atom. The Hall–Kier alpha value is -4.03. The van der Waals surface area contributed by atoms with Gasteiger partial charge in [-0.05, 0) is 46.9 Å². The van der Waals surface area contributed by atoms with Gasteiger partial charge in [0, 0.05) is 30.7 Å². The fraction of sp³-hybridized carbons (Fsp3) is 0.333. The Bertz CT molecular complexity index is 1550. The van der Waals surface area contributed by atoms with Gasteiger partial charge in [0.2, 0.25) is 0 Å². The van der Waals surface area contributed by atoms with E-state index in [4.69, 9.17) is 14.2 Å². The van der Waals surface area contributed by atoms with Crippen LogP contribution in [0.3, 0.4) is 0 Å². The van der Waals surface area contributed by atoms with E-state index < -0.39 is 18.4 Å². The number of aliphatic hydroxyl groups excluding tert-OH is 1. The maximum absolute atomic E-state index is 12.3. The van der Waals surface area contributed by atoms with E-state index in [1.807, 2.05) is 66.7 Å². The van der Waals surface area contributed by atoms with E-state index in [1.165, 1.54) is 13.3 Å². The van der Waals surface area contributed by atoms with Gasteiger partial charge in [-0.3, -0.25) is 14.7 Å². The quantitative estimate of drug-likeness (QED) is 0.155. The van der Waals surface area contributed by atoms with Gasteiger partial charge in [0.25, 0.3) is 5.91 Å². The number of ether oxygens (including phenoxy) is 3. The van der Waals surface area contributed by atoms with Crippen LogP contribution in [-0.4, -0.2) is 50.1 Å². The lowest BCUT2D eigenvalue weighted by molar-refractivity contribution is -0.268. The van der Waals surface area contributed by atoms with Crippen molar-refractivity contribution < 1.29 is 28.9 Å². The highest BCUT2D eigenvalue weighted by Gasteiger charge is 2.38. The number of esters is 1. The van der Waals surface area contributed by atoms with Gasteiger partial charge in [0.15, 0.2) is 17.6 Å². The van der Waals surface area contributed by atoms with Crippen LogP contribution in [0.25, 0.3) is 11.1 Å². The minimum absolute atomic E-state index is 0.0166. The summed E-state index contributed by atoms with van der Waals surface area (Å²) in [4.78, 5) is 27.7. The molecular formula is C33H36N4O6S. The fourth-order valence-corrected chi connectivity index (χ4v) is 6.04. The molecule has 1 aliphatic heterocycles. The summed E-state index contributed by atoms with van der Waals surface area (Å²) in [6, 6.07) is 23.8. The van der Waals surface area contributed by atoms with Crippen LogP contribution in [-0.2, 0) is 37.0 Å². The number of carbonyl (C=O) groups excluding carboxylic acids is 2. The van der Waals surface area contributed by atoms with Gasteiger partial charge in [-0.1, -0.05) is 79.3 Å². The maximum Gasteiger partial charge on any atom is 0.303 e. The highest BCUT2D eigenvalue weighted by Crippen LogP contribution is 2.43. The highest BCUT2D eigenvalue weighted by atomic mass is 32.2. The molecule has 2 heterocycles. The predicted molar refractivity (Wildman–Crippen MR) is 165 cm³/mol. The number of nitrogens with zero attached hydrogens (tertiary/aromatic N) is 2. The van der Waals surface area contributed by atoms with E-state index in [9.17, 15) is 14.7 Å². The molecule has 0 unspecified atom stereocenters. The summed E-state index contributed by atoms with van der Waals surface area (Å²) in [6.07, 6.45) is -0.356. The largest absolute Gasteiger partial charge is 0.453 e. The average Bonchev–Trinajstić information content (AvgIpc) is 3.57. The number of rotatable bonds is 11. The van der Waals surface area contributed by atoms with Crippen LogP contribution >= 0.6 is 11.8 Å². The number of nitrogens with one attached hydrogen (secondary N) is 2. The van der Waals surface area contributed by atoms with E-state index in [0.717, 1.165) is 38.5 Å². The highest BCUT2D eigenvalue weighted by molar-refractivity contribution is 7.99. The molecular weight excluding hydrogens is 580 g/mol. The Kier molecular flexibility index (Phi) is 10.4. The Balaban J connectivity index is 1.35. The maximum atomic E-state index is 12.3. The lowest BCUT2D eigenvalue weighted by Crippen LogP contribution is -2.38. The zero-order chi connectivity index (χ0) is 31.1. The summed E-state index contributed by atoms with van der Waals surface area (Å²) < 4.78 is 18.2. The summed E-state index contributed by atoms with van der Waals surface area (Å²) in [5.41, 5.74) is 5.61. The fourth-order valence-electron chi connectivity index (χ4n) is 5.10. The third-order valence-electron chi connectivity index (χ3n) is 7.50. The molecule has 0 radical (unpaired) electrons. The number of carbonyl (C=O) groups is 2. The van der Waals surface area contributed by atoms with E-state index in [0.29, 0.717) is 12.3 Å². The van der Waals surface area contributed by atoms with Crippen LogP contribution in [0.4, 0.5) is 0 Å². The lowest BCUT2D eigenvalue weighted by Gasteiger charge is -2.41. The van der Waals surface area contributed by atoms with E-state index in [2.05, 4.69) is 33.5 Å². The first-order valence-corrected chi connectivity index (χ1v) is 15.4. The first kappa shape index (κ1) is 31.4. The second-order valence-electron chi connectivity index (χ2n) is 10.7. The minimum Gasteiger partial charge on any atom is -0.453 e. The summed E-state index contributed by atoms with van der Waals surface area (Å²) in [5.74, 6) is -0.156. The normalized spacial score (nSPS) is 20.5. The molecule has 5 rings (SSSR count). The van der Waals surface area contributed by atoms with Crippen LogP contribution < -0.4 is 5.32 Å². The van der Waals surface area contributed by atoms with Crippen molar-refractivity contribution in [2.24, 2.45) is 5.92 Å². The van der Waals surface area contributed by atoms with Gasteiger partial charge < -0.3 is 24.6 Å². The molecule has 44 heavy (non-hydrogen) atoms. The lowest BCUT2D eigenvalue weighted by atomic mass is 9.91. The molecule has 0 aliphatic carbocycles. The second kappa shape index (κ2) is 14.6. The van der Waals surface area contributed by atoms with Gasteiger partial charge >= 0.3 is 5.97 Å². The number of hydrogen-bond donors (Lipinski definition) is 3. The van der Waals surface area contributed by atoms with Crippen molar-refractivity contribution in [2.45, 2.75) is 63.7 Å². The molecule has 5 atom stereocenters. The van der Waals surface area contributed by atoms with Crippen molar-refractivity contribution in [1.29, 1.82) is 0 Å². The summed E-state index contributed by atoms with van der Waals surface area (Å²) in [6.45, 7) is 5.23. The van der Waals surface area contributed by atoms with Crippen LogP contribution in [0.1, 0.15) is 55.4 Å². The van der Waals surface area contributed by atoms with Crippen LogP contribution in [0.15, 0.2) is 84.3 Å². The van der Waals surface area contributed by atoms with Gasteiger partial charge in [-0.15, -0.1) is 0 Å². The number of H-pyrrole nitrogens is 1. The first-order valence-electron chi connectivity index (χ1n) is 14.4. The summed E-state index contributed by atoms with van der Waals surface area (Å²) >= 11 is 1.55. The number of aliphatic hydroxyl groups is 1. The second-order valence-corrected chi connectivity index (χ2v) is 11.7. The van der Waals surface area contributed by atoms with Crippen LogP contribution in [0, 0.1) is 5.92 Å². The molecule has 0 bridgehead atoms. The summed E-state index contributed by atoms with van der Waals surface area (Å²) in [7, 11) is 0. The van der Waals surface area contributed by atoms with Crippen molar-refractivity contribution in [3.8, 4) is 11.1 Å². The standard InChI is InChI=1S/C33H36N4O6S/c1-20-29(18-44-33-35-19-36-37-33)42-32(43-30(20)25-12-10-23(17-38)11-13-25)28-9-5-8-27(15-28)26-7-4-6-24(14-26)16-34-31(40)21(2)41-22(3)39/h4-15,19-21,29-30,32,38H,16-18H2,1-3H3,(H,34,40)(H,35,36,37)/t20-,21-,29+,30+,32+/m0/s1. The smallest absolute Gasteiger partial charge is 0.303 e. The van der Waals surface area contributed by atoms with Gasteiger partial charge in [0.05, 0.1) is 18.8 Å². The zero-order valence-corrected chi connectivity index (χ0v) is 25.6. The Labute approximate surface area is 260 Å². The third kappa shape index (κ3) is 7.92. The minimum atomic E-state index is -0.861. The molecule has 3 aromatic carbocycles. The third-order valence-corrected chi connectivity index (χ3v) is 8.46. The molecule has 0 saturated carbocycles. The Morgan fingerprint density at radius 3 is 2.48 bits per heavy atom. The molecule has 1 amide bonds. The molecule has 11 heteroatoms. The molecule has 1 fully saturated rings. The number of aromatic amines is 1. The van der Waals surface area contributed by atoms with E-state index in [1.54, 1.807) is 18.7 Å². The van der Waals surface area contributed by atoms with Crippen LogP contribution in [0.5, 0.6) is 0 Å². The van der Waals surface area contributed by atoms with E-state index >= 15 is 0 Å². The molecule has 230 valence electrons. The van der Waals surface area contributed by atoms with Crippen LogP contribution in [0.2, 0.25) is 0 Å². The summed E-state index contributed by atoms with van der Waals surface area (Å²) in [5, 5.41) is 19.9. The van der Waals surface area contributed by atoms with Crippen molar-refractivity contribution in [1.82, 2.24) is 20.5 Å². The average molecular weight is 617 g/mol. The molecule has 0 spiro atoms. The van der Waals surface area contributed by atoms with Gasteiger partial charge in [-0.25, -0.2) is 4.98 Å². The van der Waals surface area contributed by atoms with E-state index in [-0.39, 0.29) is 30.6 Å². The zero-order valence-electron chi connectivity index (χ0n) is 24.8. The number of amides is 1. The van der Waals surface area contributed by atoms with Crippen molar-refractivity contribution in [3.63, 3.8) is 0 Å². The van der Waals surface area contributed by atoms with Crippen molar-refractivity contribution in [3.05, 3.63) is 101 Å². The molecule has 4 aromatic rings. The number of hydrogen-bond acceptors (Lipinski definition) is 9. The number of aromatic nitrogens is 3. The monoisotopic (exact) mass is 616 g/mol. The van der Waals surface area contributed by atoms with Gasteiger partial charge in [-0.2, -0.15) is 5.10 Å². The molecule has 1 saturated heterocycles. The SMILES string of the molecule is CC(=O)O[C@@H](C)C(=O)NCc1cccc(-c2cccc([C@@H]3O[C@H](CSc4ncn[nH]4)[C@H](C)[C@H](c4ccc(CO)cc4)O3)c2)c1. The van der Waals surface area contributed by atoms with Crippen molar-refractivity contribution >= 4 is 23.6 Å². The molecule has 1 aliphatic rings. The molecule has 3 N–H and O–H groups in total. The molecule has 10 nitrogen and oxygen atoms in total. The van der Waals surface area contributed by atoms with Gasteiger partial charge in [0.1, 0.15) is 6.33 Å². The molecule has 1 aromatic heterocycles. The first-order chi connectivity index (χ1) is 21.3. The topological polar surface area (TPSA) is 136 Å². The van der Waals surface area contributed by atoms with Crippen molar-refractivity contribution in [2.75, 3.05) is 5.75 Å².